The number of hydrogen-bond donors (Lipinski definition) is 3. The maximum atomic E-state index is 12.5. The lowest BCUT2D eigenvalue weighted by Crippen LogP contribution is -2.27. The lowest BCUT2D eigenvalue weighted by molar-refractivity contribution is 0.262. The fraction of sp³-hybridized carbons (Fsp3) is 0.278. The van der Waals surface area contributed by atoms with E-state index in [0.29, 0.717) is 53.8 Å². The predicted molar refractivity (Wildman–Crippen MR) is 196 cm³/mol. The highest BCUT2D eigenvalue weighted by Crippen LogP contribution is 2.23. The van der Waals surface area contributed by atoms with Gasteiger partial charge in [0, 0.05) is 43.2 Å². The molecule has 0 unspecified atom stereocenters. The summed E-state index contributed by atoms with van der Waals surface area (Å²) < 4.78 is 52.0. The van der Waals surface area contributed by atoms with E-state index in [1.165, 1.54) is 26.8 Å². The molecule has 2 saturated heterocycles. The van der Waals surface area contributed by atoms with Crippen LogP contribution in [0.3, 0.4) is 0 Å². The molecule has 14 heteroatoms. The number of urea groups is 1. The molecule has 0 spiro atoms. The molecular weight excluding hydrogens is 677 g/mol. The van der Waals surface area contributed by atoms with Gasteiger partial charge in [-0.15, -0.1) is 0 Å². The van der Waals surface area contributed by atoms with Crippen molar-refractivity contribution in [3.63, 3.8) is 0 Å². The van der Waals surface area contributed by atoms with Gasteiger partial charge in [-0.05, 0) is 112 Å². The van der Waals surface area contributed by atoms with E-state index < -0.39 is 20.0 Å². The molecule has 2 aliphatic rings. The van der Waals surface area contributed by atoms with E-state index in [9.17, 15) is 26.4 Å². The zero-order valence-corrected chi connectivity index (χ0v) is 29.7. The van der Waals surface area contributed by atoms with Crippen molar-refractivity contribution in [2.45, 2.75) is 49.3 Å². The Labute approximate surface area is 294 Å². The van der Waals surface area contributed by atoms with Crippen LogP contribution in [0.5, 0.6) is 0 Å². The van der Waals surface area contributed by atoms with Gasteiger partial charge in [-0.2, -0.15) is 13.6 Å². The third-order valence-electron chi connectivity index (χ3n) is 7.92. The fourth-order valence-electron chi connectivity index (χ4n) is 5.11. The SMILES string of the molecule is Cc1ccc(N=C=O)cc1.Cc1ccc(NC(=O)Nc2ccc(S(=O)(=O)N3CCCC3)cc2)cc1.Nc1ccc(S(=O)(=O)N2CCCC2)cc1. The molecule has 2 heterocycles. The molecule has 0 aromatic heterocycles. The van der Waals surface area contributed by atoms with Gasteiger partial charge in [0.1, 0.15) is 0 Å². The van der Waals surface area contributed by atoms with Gasteiger partial charge >= 0.3 is 6.03 Å². The molecule has 2 aliphatic heterocycles. The molecule has 0 aliphatic carbocycles. The number of aryl methyl sites for hydroxylation is 2. The zero-order chi connectivity index (χ0) is 36.1. The van der Waals surface area contributed by atoms with Crippen molar-refractivity contribution < 1.29 is 26.4 Å². The number of carbonyl (C=O) groups is 1. The van der Waals surface area contributed by atoms with Crippen molar-refractivity contribution in [2.24, 2.45) is 4.99 Å². The summed E-state index contributed by atoms with van der Waals surface area (Å²) in [5, 5.41) is 5.43. The summed E-state index contributed by atoms with van der Waals surface area (Å²) in [5.41, 5.74) is 10.2. The molecule has 4 aromatic carbocycles. The number of anilines is 3. The van der Waals surface area contributed by atoms with Gasteiger partial charge in [0.05, 0.1) is 15.5 Å². The summed E-state index contributed by atoms with van der Waals surface area (Å²) in [4.78, 5) is 25.8. The minimum atomic E-state index is -3.43. The van der Waals surface area contributed by atoms with Crippen molar-refractivity contribution in [1.82, 2.24) is 8.61 Å². The van der Waals surface area contributed by atoms with Gasteiger partial charge in [-0.25, -0.2) is 26.4 Å². The van der Waals surface area contributed by atoms with Crippen molar-refractivity contribution in [3.8, 4) is 0 Å². The molecule has 12 nitrogen and oxygen atoms in total. The number of nitrogen functional groups attached to an aromatic ring is 1. The molecule has 264 valence electrons. The lowest BCUT2D eigenvalue weighted by Gasteiger charge is -2.15. The number of carbonyl (C=O) groups excluding carboxylic acids is 2. The van der Waals surface area contributed by atoms with Crippen LogP contribution >= 0.6 is 0 Å². The molecule has 6 rings (SSSR count). The summed E-state index contributed by atoms with van der Waals surface area (Å²) in [7, 11) is -6.71. The van der Waals surface area contributed by atoms with Gasteiger partial charge in [0.2, 0.25) is 26.1 Å². The zero-order valence-electron chi connectivity index (χ0n) is 28.1. The third-order valence-corrected chi connectivity index (χ3v) is 11.7. The van der Waals surface area contributed by atoms with Crippen LogP contribution < -0.4 is 16.4 Å². The number of hydrogen-bond acceptors (Lipinski definition) is 8. The standard InChI is InChI=1S/C18H21N3O3S.C10H14N2O2S.C8H7NO/c1-14-4-6-15(7-5-14)19-18(22)20-16-8-10-17(11-9-16)25(23,24)21-12-2-3-13-21;11-9-3-5-10(6-4-9)15(13,14)12-7-1-2-8-12;1-7-2-4-8(5-3-7)9-6-10/h4-11H,2-3,12-13H2,1H3,(H2,19,20,22);3-6H,1-2,7-8,11H2;2-5H,1H3. The Morgan fingerprint density at radius 2 is 0.980 bits per heavy atom. The molecule has 4 aromatic rings. The van der Waals surface area contributed by atoms with Gasteiger partial charge in [0.25, 0.3) is 0 Å². The molecule has 50 heavy (non-hydrogen) atoms. The minimum Gasteiger partial charge on any atom is -0.399 e. The number of benzene rings is 4. The summed E-state index contributed by atoms with van der Waals surface area (Å²) in [6.45, 7) is 6.36. The smallest absolute Gasteiger partial charge is 0.323 e. The van der Waals surface area contributed by atoms with Crippen LogP contribution in [-0.2, 0) is 24.8 Å². The summed E-state index contributed by atoms with van der Waals surface area (Å²) in [5.74, 6) is 0. The topological polar surface area (TPSA) is 171 Å². The Morgan fingerprint density at radius 3 is 1.38 bits per heavy atom. The average Bonchev–Trinajstić information content (AvgIpc) is 3.85. The third kappa shape index (κ3) is 10.8. The monoisotopic (exact) mass is 718 g/mol. The highest BCUT2D eigenvalue weighted by molar-refractivity contribution is 7.89. The second kappa shape index (κ2) is 17.7. The number of nitrogens with two attached hydrogens (primary N) is 1. The van der Waals surface area contributed by atoms with Crippen LogP contribution in [0.4, 0.5) is 27.5 Å². The number of isocyanates is 1. The number of nitrogens with one attached hydrogen (secondary N) is 2. The van der Waals surface area contributed by atoms with Crippen molar-refractivity contribution in [3.05, 3.63) is 108 Å². The second-order valence-electron chi connectivity index (χ2n) is 11.8. The Kier molecular flexibility index (Phi) is 13.4. The van der Waals surface area contributed by atoms with E-state index in [2.05, 4.69) is 15.6 Å². The predicted octanol–water partition coefficient (Wildman–Crippen LogP) is 6.44. The highest BCUT2D eigenvalue weighted by atomic mass is 32.2. The van der Waals surface area contributed by atoms with Crippen LogP contribution in [0.15, 0.2) is 112 Å². The molecular formula is C36H42N6O6S2. The maximum absolute atomic E-state index is 12.5. The molecule has 0 bridgehead atoms. The van der Waals surface area contributed by atoms with Gasteiger partial charge < -0.3 is 16.4 Å². The Balaban J connectivity index is 0.000000189. The average molecular weight is 719 g/mol. The van der Waals surface area contributed by atoms with E-state index in [1.54, 1.807) is 48.5 Å². The van der Waals surface area contributed by atoms with Gasteiger partial charge in [-0.3, -0.25) is 0 Å². The van der Waals surface area contributed by atoms with Gasteiger partial charge in [0.15, 0.2) is 0 Å². The first kappa shape index (κ1) is 38.0. The van der Waals surface area contributed by atoms with Crippen LogP contribution in [0, 0.1) is 13.8 Å². The molecule has 0 radical (unpaired) electrons. The fourth-order valence-corrected chi connectivity index (χ4v) is 8.14. The van der Waals surface area contributed by atoms with Crippen molar-refractivity contribution >= 4 is 54.9 Å². The van der Waals surface area contributed by atoms with Crippen LogP contribution in [0.25, 0.3) is 0 Å². The van der Waals surface area contributed by atoms with E-state index >= 15 is 0 Å². The first-order chi connectivity index (χ1) is 23.9. The Bertz CT molecular complexity index is 1970. The molecule has 0 atom stereocenters. The first-order valence-corrected chi connectivity index (χ1v) is 19.0. The maximum Gasteiger partial charge on any atom is 0.323 e. The second-order valence-corrected chi connectivity index (χ2v) is 15.7. The molecule has 0 saturated carbocycles. The summed E-state index contributed by atoms with van der Waals surface area (Å²) in [6, 6.07) is 27.0. The Hall–Kier alpha value is -4.85. The first-order valence-electron chi connectivity index (χ1n) is 16.1. The summed E-state index contributed by atoms with van der Waals surface area (Å²) >= 11 is 0. The van der Waals surface area contributed by atoms with Crippen LogP contribution in [0.2, 0.25) is 0 Å². The number of sulfonamides is 2. The van der Waals surface area contributed by atoms with Crippen LogP contribution in [-0.4, -0.2) is 63.7 Å². The van der Waals surface area contributed by atoms with Crippen molar-refractivity contribution in [2.75, 3.05) is 42.5 Å². The lowest BCUT2D eigenvalue weighted by atomic mass is 10.2. The largest absolute Gasteiger partial charge is 0.399 e. The number of rotatable bonds is 7. The normalized spacial score (nSPS) is 14.7. The molecule has 2 fully saturated rings. The van der Waals surface area contributed by atoms with E-state index in [1.807, 2.05) is 50.2 Å². The highest BCUT2D eigenvalue weighted by Gasteiger charge is 2.27. The van der Waals surface area contributed by atoms with E-state index in [-0.39, 0.29) is 10.9 Å². The number of nitrogens with zero attached hydrogens (tertiary/aromatic N) is 3. The number of aliphatic imine (C=N–C) groups is 1. The van der Waals surface area contributed by atoms with E-state index in [0.717, 1.165) is 36.8 Å². The minimum absolute atomic E-state index is 0.249. The molecule has 4 N–H and O–H groups in total. The summed E-state index contributed by atoms with van der Waals surface area (Å²) in [6.07, 6.45) is 5.19. The molecule has 2 amide bonds. The Morgan fingerprint density at radius 1 is 0.620 bits per heavy atom. The van der Waals surface area contributed by atoms with Crippen molar-refractivity contribution in [1.29, 1.82) is 0 Å². The quantitative estimate of drug-likeness (QED) is 0.112. The van der Waals surface area contributed by atoms with E-state index in [4.69, 9.17) is 5.73 Å². The van der Waals surface area contributed by atoms with Gasteiger partial charge in [-0.1, -0.05) is 35.4 Å². The van der Waals surface area contributed by atoms with Crippen LogP contribution in [0.1, 0.15) is 36.8 Å². The number of amides is 2.